The summed E-state index contributed by atoms with van der Waals surface area (Å²) in [5.41, 5.74) is 0.369. The lowest BCUT2D eigenvalue weighted by Crippen LogP contribution is -2.51. The zero-order valence-corrected chi connectivity index (χ0v) is 23.8. The smallest absolute Gasteiger partial charge is 0.491 e. The minimum atomic E-state index is -5.18. The fourth-order valence-corrected chi connectivity index (χ4v) is 5.54. The highest BCUT2D eigenvalue weighted by molar-refractivity contribution is 5.97. The number of methoxy groups -OCH3 is 2. The van der Waals surface area contributed by atoms with Gasteiger partial charge >= 0.3 is 12.1 Å². The molecule has 1 atom stereocenters. The number of rotatable bonds is 9. The Morgan fingerprint density at radius 3 is 2.29 bits per heavy atom. The van der Waals surface area contributed by atoms with Crippen LogP contribution < -0.4 is 14.2 Å². The molecule has 2 fully saturated rings. The summed E-state index contributed by atoms with van der Waals surface area (Å²) in [5.74, 6) is -1.02. The average Bonchev–Trinajstić information content (AvgIpc) is 3.29. The maximum Gasteiger partial charge on any atom is 0.491 e. The summed E-state index contributed by atoms with van der Waals surface area (Å²) >= 11 is 0. The first kappa shape index (κ1) is 30.5. The molecule has 11 heteroatoms. The van der Waals surface area contributed by atoms with Crippen molar-refractivity contribution in [3.8, 4) is 17.2 Å². The lowest BCUT2D eigenvalue weighted by Gasteiger charge is -2.43. The van der Waals surface area contributed by atoms with Crippen molar-refractivity contribution < 1.29 is 41.7 Å². The van der Waals surface area contributed by atoms with Crippen LogP contribution in [-0.2, 0) is 16.1 Å². The molecule has 224 valence electrons. The standard InChI is InChI=1S/C30H37F3N2O6/c1-20(2)19-40-24-8-6-5-7-21(24)18-34-14-11-29(12-15-34)13-16-35(27(29)41-28(37)30(31,32)33)26(36)23-10-9-22(38-3)17-25(23)39-4/h5-10,17,20,27H,11-16,18-19H2,1-4H3. The van der Waals surface area contributed by atoms with E-state index in [-0.39, 0.29) is 17.9 Å². The Balaban J connectivity index is 1.54. The van der Waals surface area contributed by atoms with Crippen molar-refractivity contribution in [3.63, 3.8) is 0 Å². The van der Waals surface area contributed by atoms with Crippen molar-refractivity contribution in [3.05, 3.63) is 53.6 Å². The number of esters is 1. The molecule has 2 aliphatic heterocycles. The summed E-state index contributed by atoms with van der Waals surface area (Å²) in [6.07, 6.45) is -5.21. The summed E-state index contributed by atoms with van der Waals surface area (Å²) in [5, 5.41) is 0. The van der Waals surface area contributed by atoms with Gasteiger partial charge in [0, 0.05) is 30.1 Å². The molecule has 0 bridgehead atoms. The Morgan fingerprint density at radius 2 is 1.66 bits per heavy atom. The van der Waals surface area contributed by atoms with E-state index in [0.717, 1.165) is 11.3 Å². The van der Waals surface area contributed by atoms with Crippen LogP contribution >= 0.6 is 0 Å². The number of alkyl halides is 3. The van der Waals surface area contributed by atoms with Crippen LogP contribution in [-0.4, -0.2) is 74.5 Å². The molecule has 1 spiro atoms. The molecular formula is C30H37F3N2O6. The SMILES string of the molecule is COc1ccc(C(=O)N2CCC3(CCN(Cc4ccccc4OCC(C)C)CC3)C2OC(=O)C(F)(F)F)c(OC)c1. The molecule has 0 radical (unpaired) electrons. The number of amides is 1. The van der Waals surface area contributed by atoms with Crippen LogP contribution in [0.15, 0.2) is 42.5 Å². The van der Waals surface area contributed by atoms with Crippen molar-refractivity contribution >= 4 is 11.9 Å². The monoisotopic (exact) mass is 578 g/mol. The predicted molar refractivity (Wildman–Crippen MR) is 145 cm³/mol. The van der Waals surface area contributed by atoms with E-state index in [9.17, 15) is 22.8 Å². The molecule has 2 aromatic rings. The highest BCUT2D eigenvalue weighted by atomic mass is 19.4. The van der Waals surface area contributed by atoms with E-state index in [2.05, 4.69) is 18.7 Å². The van der Waals surface area contributed by atoms with Crippen molar-refractivity contribution in [2.24, 2.45) is 11.3 Å². The van der Waals surface area contributed by atoms with Crippen LogP contribution in [0.1, 0.15) is 49.0 Å². The third-order valence-corrected chi connectivity index (χ3v) is 7.80. The van der Waals surface area contributed by atoms with Gasteiger partial charge in [0.05, 0.1) is 26.4 Å². The number of halogens is 3. The first-order chi connectivity index (χ1) is 19.5. The Hall–Kier alpha value is -3.47. The Labute approximate surface area is 238 Å². The molecule has 0 aromatic heterocycles. The molecule has 4 rings (SSSR count). The number of piperidine rings is 1. The normalized spacial score (nSPS) is 18.9. The van der Waals surface area contributed by atoms with Crippen molar-refractivity contribution in [2.45, 2.75) is 52.1 Å². The van der Waals surface area contributed by atoms with Gasteiger partial charge in [0.15, 0.2) is 6.23 Å². The molecule has 8 nitrogen and oxygen atoms in total. The molecule has 0 aliphatic carbocycles. The number of hydrogen-bond acceptors (Lipinski definition) is 7. The van der Waals surface area contributed by atoms with E-state index < -0.39 is 29.7 Å². The van der Waals surface area contributed by atoms with Crippen LogP contribution in [0.4, 0.5) is 13.2 Å². The van der Waals surface area contributed by atoms with Gasteiger partial charge in [-0.2, -0.15) is 13.2 Å². The summed E-state index contributed by atoms with van der Waals surface area (Å²) in [7, 11) is 2.86. The molecule has 2 aromatic carbocycles. The second kappa shape index (κ2) is 12.6. The summed E-state index contributed by atoms with van der Waals surface area (Å²) in [4.78, 5) is 29.2. The van der Waals surface area contributed by atoms with Crippen LogP contribution in [0.2, 0.25) is 0 Å². The lowest BCUT2D eigenvalue weighted by molar-refractivity contribution is -0.217. The Kier molecular flexibility index (Phi) is 9.36. The minimum Gasteiger partial charge on any atom is -0.497 e. The lowest BCUT2D eigenvalue weighted by atomic mass is 9.76. The fourth-order valence-electron chi connectivity index (χ4n) is 5.54. The van der Waals surface area contributed by atoms with Crippen molar-refractivity contribution in [2.75, 3.05) is 40.5 Å². The average molecular weight is 579 g/mol. The van der Waals surface area contributed by atoms with E-state index in [4.69, 9.17) is 18.9 Å². The second-order valence-corrected chi connectivity index (χ2v) is 11.0. The quantitative estimate of drug-likeness (QED) is 0.374. The van der Waals surface area contributed by atoms with Crippen molar-refractivity contribution in [1.29, 1.82) is 0 Å². The maximum absolute atomic E-state index is 13.7. The van der Waals surface area contributed by atoms with Crippen molar-refractivity contribution in [1.82, 2.24) is 9.80 Å². The number of carbonyl (C=O) groups is 2. The fraction of sp³-hybridized carbons (Fsp3) is 0.533. The van der Waals surface area contributed by atoms with Crippen LogP contribution in [0.25, 0.3) is 0 Å². The van der Waals surface area contributed by atoms with Gasteiger partial charge in [-0.25, -0.2) is 4.79 Å². The third-order valence-electron chi connectivity index (χ3n) is 7.80. The van der Waals surface area contributed by atoms with Gasteiger partial charge < -0.3 is 23.8 Å². The Morgan fingerprint density at radius 1 is 0.976 bits per heavy atom. The van der Waals surface area contributed by atoms with E-state index in [0.29, 0.717) is 57.2 Å². The summed E-state index contributed by atoms with van der Waals surface area (Å²) < 4.78 is 61.6. The zero-order chi connectivity index (χ0) is 29.8. The van der Waals surface area contributed by atoms with Gasteiger partial charge in [-0.1, -0.05) is 32.0 Å². The van der Waals surface area contributed by atoms with Gasteiger partial charge in [-0.3, -0.25) is 9.69 Å². The Bertz CT molecular complexity index is 1230. The number of ether oxygens (including phenoxy) is 4. The van der Waals surface area contributed by atoms with E-state index in [1.807, 2.05) is 24.3 Å². The highest BCUT2D eigenvalue weighted by Crippen LogP contribution is 2.47. The molecule has 1 amide bonds. The van der Waals surface area contributed by atoms with Gasteiger partial charge in [0.2, 0.25) is 0 Å². The minimum absolute atomic E-state index is 0.147. The maximum atomic E-state index is 13.7. The predicted octanol–water partition coefficient (Wildman–Crippen LogP) is 5.30. The largest absolute Gasteiger partial charge is 0.497 e. The van der Waals surface area contributed by atoms with E-state index in [1.54, 1.807) is 6.07 Å². The van der Waals surface area contributed by atoms with E-state index >= 15 is 0 Å². The number of benzene rings is 2. The first-order valence-electron chi connectivity index (χ1n) is 13.7. The molecule has 0 N–H and O–H groups in total. The summed E-state index contributed by atoms with van der Waals surface area (Å²) in [6.45, 7) is 6.64. The number of para-hydroxylation sites is 1. The van der Waals surface area contributed by atoms with Gasteiger partial charge in [0.25, 0.3) is 5.91 Å². The molecular weight excluding hydrogens is 541 g/mol. The number of carbonyl (C=O) groups excluding carboxylic acids is 2. The van der Waals surface area contributed by atoms with Crippen LogP contribution in [0, 0.1) is 11.3 Å². The third kappa shape index (κ3) is 6.89. The van der Waals surface area contributed by atoms with Gasteiger partial charge in [-0.05, 0) is 56.5 Å². The first-order valence-corrected chi connectivity index (χ1v) is 13.7. The van der Waals surface area contributed by atoms with Gasteiger partial charge in [-0.15, -0.1) is 0 Å². The van der Waals surface area contributed by atoms with Crippen LogP contribution in [0.3, 0.4) is 0 Å². The topological polar surface area (TPSA) is 77.5 Å². The highest BCUT2D eigenvalue weighted by Gasteiger charge is 2.55. The molecule has 41 heavy (non-hydrogen) atoms. The molecule has 2 heterocycles. The molecule has 2 saturated heterocycles. The molecule has 1 unspecified atom stereocenters. The number of likely N-dealkylation sites (tertiary alicyclic amines) is 2. The zero-order valence-electron chi connectivity index (χ0n) is 23.8. The summed E-state index contributed by atoms with van der Waals surface area (Å²) in [6, 6.07) is 12.4. The molecule has 0 saturated carbocycles. The number of nitrogens with zero attached hydrogens (tertiary/aromatic N) is 2. The van der Waals surface area contributed by atoms with Crippen LogP contribution in [0.5, 0.6) is 17.2 Å². The number of hydrogen-bond donors (Lipinski definition) is 0. The van der Waals surface area contributed by atoms with Gasteiger partial charge in [0.1, 0.15) is 17.2 Å². The second-order valence-electron chi connectivity index (χ2n) is 11.0. The van der Waals surface area contributed by atoms with E-state index in [1.165, 1.54) is 31.3 Å². The molecule has 2 aliphatic rings.